The van der Waals surface area contributed by atoms with Gasteiger partial charge in [-0.2, -0.15) is 0 Å². The first kappa shape index (κ1) is 19.0. The number of likely N-dealkylation sites (tertiary alicyclic amines) is 1. The number of hydrogen-bond donors (Lipinski definition) is 1. The van der Waals surface area contributed by atoms with Gasteiger partial charge in [-0.1, -0.05) is 30.1 Å². The lowest BCUT2D eigenvalue weighted by Gasteiger charge is -2.35. The lowest BCUT2D eigenvalue weighted by Crippen LogP contribution is -2.40. The number of carbonyl (C=O) groups is 1. The second-order valence-electron chi connectivity index (χ2n) is 7.83. The Morgan fingerprint density at radius 1 is 1.36 bits per heavy atom. The molecule has 1 aromatic heterocycles. The summed E-state index contributed by atoms with van der Waals surface area (Å²) in [5.74, 6) is 1.23. The van der Waals surface area contributed by atoms with Crippen LogP contribution in [0.25, 0.3) is 11.3 Å². The summed E-state index contributed by atoms with van der Waals surface area (Å²) in [6.07, 6.45) is 6.08. The monoisotopic (exact) mass is 383 g/mol. The molecule has 2 aromatic rings. The number of aryl methyl sites for hydroxylation is 1. The first-order chi connectivity index (χ1) is 13.7. The van der Waals surface area contributed by atoms with Crippen LogP contribution in [-0.2, 0) is 6.61 Å². The van der Waals surface area contributed by atoms with Gasteiger partial charge in [-0.25, -0.2) is 0 Å². The molecule has 0 saturated carbocycles. The third-order valence-electron chi connectivity index (χ3n) is 5.88. The van der Waals surface area contributed by atoms with Crippen molar-refractivity contribution in [2.45, 2.75) is 58.6 Å². The predicted molar refractivity (Wildman–Crippen MR) is 107 cm³/mol. The van der Waals surface area contributed by atoms with Gasteiger partial charge in [0.1, 0.15) is 12.4 Å². The Kier molecular flexibility index (Phi) is 5.67. The number of nitrogens with zero attached hydrogens (tertiary/aromatic N) is 2. The Balaban J connectivity index is 1.35. The highest BCUT2D eigenvalue weighted by Gasteiger charge is 2.29. The van der Waals surface area contributed by atoms with Crippen LogP contribution in [0.1, 0.15) is 60.6 Å². The SMILES string of the molecule is CC[C@@H]1CCCCN1CCCNC(=O)c1noc2c1COc1ccc(C)cc1-2. The van der Waals surface area contributed by atoms with Crippen molar-refractivity contribution >= 4 is 5.91 Å². The number of ether oxygens (including phenoxy) is 1. The van der Waals surface area contributed by atoms with E-state index in [-0.39, 0.29) is 5.91 Å². The molecule has 2 aliphatic rings. The highest BCUT2D eigenvalue weighted by molar-refractivity contribution is 5.95. The van der Waals surface area contributed by atoms with Crippen molar-refractivity contribution in [3.8, 4) is 17.1 Å². The minimum atomic E-state index is -0.185. The molecular formula is C22H29N3O3. The summed E-state index contributed by atoms with van der Waals surface area (Å²) in [5, 5.41) is 7.04. The third-order valence-corrected chi connectivity index (χ3v) is 5.88. The minimum absolute atomic E-state index is 0.185. The van der Waals surface area contributed by atoms with Gasteiger partial charge in [-0.3, -0.25) is 4.79 Å². The number of hydrogen-bond acceptors (Lipinski definition) is 5. The summed E-state index contributed by atoms with van der Waals surface area (Å²) in [5.41, 5.74) is 3.05. The van der Waals surface area contributed by atoms with E-state index in [2.05, 4.69) is 22.3 Å². The maximum absolute atomic E-state index is 12.6. The summed E-state index contributed by atoms with van der Waals surface area (Å²) in [4.78, 5) is 15.2. The number of carbonyl (C=O) groups excluding carboxylic acids is 1. The van der Waals surface area contributed by atoms with Crippen LogP contribution in [0.5, 0.6) is 5.75 Å². The molecule has 0 spiro atoms. The zero-order chi connectivity index (χ0) is 19.5. The molecule has 3 heterocycles. The second-order valence-corrected chi connectivity index (χ2v) is 7.83. The Hall–Kier alpha value is -2.34. The topological polar surface area (TPSA) is 67.6 Å². The number of fused-ring (bicyclic) bond motifs is 3. The number of rotatable bonds is 6. The molecule has 2 aliphatic heterocycles. The Morgan fingerprint density at radius 2 is 2.25 bits per heavy atom. The zero-order valence-electron chi connectivity index (χ0n) is 16.8. The van der Waals surface area contributed by atoms with Crippen molar-refractivity contribution in [3.63, 3.8) is 0 Å². The van der Waals surface area contributed by atoms with Crippen molar-refractivity contribution in [1.82, 2.24) is 15.4 Å². The number of piperidine rings is 1. The molecule has 6 nitrogen and oxygen atoms in total. The molecule has 1 N–H and O–H groups in total. The normalized spacial score (nSPS) is 18.9. The maximum atomic E-state index is 12.6. The van der Waals surface area contributed by atoms with Gasteiger partial charge in [0.2, 0.25) is 0 Å². The Morgan fingerprint density at radius 3 is 3.11 bits per heavy atom. The quantitative estimate of drug-likeness (QED) is 0.766. The van der Waals surface area contributed by atoms with Crippen molar-refractivity contribution in [2.24, 2.45) is 0 Å². The van der Waals surface area contributed by atoms with Crippen LogP contribution in [0, 0.1) is 6.92 Å². The molecule has 0 aliphatic carbocycles. The molecule has 1 atom stereocenters. The highest BCUT2D eigenvalue weighted by atomic mass is 16.5. The first-order valence-corrected chi connectivity index (χ1v) is 10.4. The fourth-order valence-electron chi connectivity index (χ4n) is 4.31. The molecule has 0 bridgehead atoms. The second kappa shape index (κ2) is 8.35. The van der Waals surface area contributed by atoms with Crippen molar-refractivity contribution in [1.29, 1.82) is 0 Å². The van der Waals surface area contributed by atoms with Crippen LogP contribution in [0.15, 0.2) is 22.7 Å². The molecule has 1 amide bonds. The number of aromatic nitrogens is 1. The van der Waals surface area contributed by atoms with Crippen LogP contribution in [0.3, 0.4) is 0 Å². The van der Waals surface area contributed by atoms with Crippen LogP contribution in [0.4, 0.5) is 0 Å². The van der Waals surface area contributed by atoms with Crippen molar-refractivity contribution in [2.75, 3.05) is 19.6 Å². The smallest absolute Gasteiger partial charge is 0.273 e. The Bertz CT molecular complexity index is 846. The molecule has 6 heteroatoms. The van der Waals surface area contributed by atoms with E-state index in [1.165, 1.54) is 32.2 Å². The first-order valence-electron chi connectivity index (χ1n) is 10.4. The Labute approximate surface area is 166 Å². The van der Waals surface area contributed by atoms with Crippen LogP contribution < -0.4 is 10.1 Å². The van der Waals surface area contributed by atoms with E-state index in [9.17, 15) is 4.79 Å². The van der Waals surface area contributed by atoms with Crippen LogP contribution >= 0.6 is 0 Å². The van der Waals surface area contributed by atoms with Crippen molar-refractivity contribution < 1.29 is 14.1 Å². The molecule has 0 radical (unpaired) electrons. The van der Waals surface area contributed by atoms with E-state index in [1.54, 1.807) is 0 Å². The summed E-state index contributed by atoms with van der Waals surface area (Å²) in [6.45, 7) is 7.45. The molecule has 0 unspecified atom stereocenters. The molecule has 150 valence electrons. The summed E-state index contributed by atoms with van der Waals surface area (Å²) >= 11 is 0. The molecule has 28 heavy (non-hydrogen) atoms. The van der Waals surface area contributed by atoms with Gasteiger partial charge in [-0.05, 0) is 51.3 Å². The highest BCUT2D eigenvalue weighted by Crippen LogP contribution is 2.39. The van der Waals surface area contributed by atoms with Gasteiger partial charge in [0, 0.05) is 19.1 Å². The van der Waals surface area contributed by atoms with Gasteiger partial charge in [0.15, 0.2) is 11.5 Å². The standard InChI is InChI=1S/C22H29N3O3/c1-3-16-7-4-5-11-25(16)12-6-10-23-22(26)20-18-14-27-19-9-8-15(2)13-17(19)21(18)28-24-20/h8-9,13,16H,3-7,10-12,14H2,1-2H3,(H,23,26)/t16-/m1/s1. The molecule has 1 saturated heterocycles. The van der Waals surface area contributed by atoms with E-state index in [0.717, 1.165) is 35.4 Å². The van der Waals surface area contributed by atoms with Gasteiger partial charge in [0.25, 0.3) is 5.91 Å². The van der Waals surface area contributed by atoms with E-state index < -0.39 is 0 Å². The summed E-state index contributed by atoms with van der Waals surface area (Å²) in [7, 11) is 0. The van der Waals surface area contributed by atoms with Gasteiger partial charge in [0.05, 0.1) is 11.1 Å². The fraction of sp³-hybridized carbons (Fsp3) is 0.545. The van der Waals surface area contributed by atoms with Crippen LogP contribution in [-0.4, -0.2) is 41.6 Å². The largest absolute Gasteiger partial charge is 0.488 e. The number of benzene rings is 1. The lowest BCUT2D eigenvalue weighted by atomic mass is 10.00. The summed E-state index contributed by atoms with van der Waals surface area (Å²) < 4.78 is 11.3. The predicted octanol–water partition coefficient (Wildman–Crippen LogP) is 3.93. The zero-order valence-corrected chi connectivity index (χ0v) is 16.8. The van der Waals surface area contributed by atoms with Gasteiger partial charge < -0.3 is 19.5 Å². The van der Waals surface area contributed by atoms with E-state index >= 15 is 0 Å². The van der Waals surface area contributed by atoms with E-state index in [1.807, 2.05) is 25.1 Å². The third kappa shape index (κ3) is 3.78. The maximum Gasteiger partial charge on any atom is 0.273 e. The van der Waals surface area contributed by atoms with Crippen LogP contribution in [0.2, 0.25) is 0 Å². The minimum Gasteiger partial charge on any atom is -0.488 e. The average molecular weight is 383 g/mol. The van der Waals surface area contributed by atoms with E-state index in [4.69, 9.17) is 9.26 Å². The van der Waals surface area contributed by atoms with Crippen molar-refractivity contribution in [3.05, 3.63) is 35.0 Å². The average Bonchev–Trinajstić information content (AvgIpc) is 3.16. The molecule has 1 fully saturated rings. The lowest BCUT2D eigenvalue weighted by molar-refractivity contribution is 0.0936. The van der Waals surface area contributed by atoms with E-state index in [0.29, 0.717) is 30.6 Å². The number of amides is 1. The molecule has 1 aromatic carbocycles. The molecular weight excluding hydrogens is 354 g/mol. The molecule has 4 rings (SSSR count). The summed E-state index contributed by atoms with van der Waals surface area (Å²) in [6, 6.07) is 6.63. The van der Waals surface area contributed by atoms with Gasteiger partial charge in [-0.15, -0.1) is 0 Å². The number of nitrogens with one attached hydrogen (secondary N) is 1. The van der Waals surface area contributed by atoms with Gasteiger partial charge >= 0.3 is 0 Å². The fourth-order valence-corrected chi connectivity index (χ4v) is 4.31.